The third-order valence-electron chi connectivity index (χ3n) is 7.84. The number of carbonyl (C=O) groups excluding carboxylic acids is 4. The van der Waals surface area contributed by atoms with E-state index in [2.05, 4.69) is 5.32 Å². The molecule has 0 aromatic heterocycles. The number of β-lactam (4-membered cyclic amide) rings is 1. The van der Waals surface area contributed by atoms with Crippen molar-refractivity contribution in [3.63, 3.8) is 0 Å². The normalized spacial score (nSPS) is 24.4. The average molecular weight is 602 g/mol. The highest BCUT2D eigenvalue weighted by molar-refractivity contribution is 8.03. The molecule has 3 amide bonds. The molecule has 3 fully saturated rings. The lowest BCUT2D eigenvalue weighted by Crippen LogP contribution is -2.74. The number of benzene rings is 2. The predicted molar refractivity (Wildman–Crippen MR) is 162 cm³/mol. The molecule has 2 aromatic carbocycles. The molecule has 0 spiro atoms. The summed E-state index contributed by atoms with van der Waals surface area (Å²) in [5, 5.41) is 3.94. The lowest BCUT2D eigenvalue weighted by Gasteiger charge is -2.51. The highest BCUT2D eigenvalue weighted by Gasteiger charge is 2.56. The average Bonchev–Trinajstić information content (AvgIpc) is 3.77. The van der Waals surface area contributed by atoms with Crippen LogP contribution < -0.4 is 5.32 Å². The Kier molecular flexibility index (Phi) is 7.81. The number of rotatable bonds is 7. The molecule has 1 saturated carbocycles. The fourth-order valence-electron chi connectivity index (χ4n) is 5.68. The molecule has 10 heteroatoms. The van der Waals surface area contributed by atoms with Crippen LogP contribution in [0, 0.1) is 0 Å². The lowest BCUT2D eigenvalue weighted by atomic mass is 9.95. The van der Waals surface area contributed by atoms with Crippen LogP contribution in [0.1, 0.15) is 57.3 Å². The largest absolute Gasteiger partial charge is 0.451 e. The standard InChI is InChI=1S/C33H35N3O6S/c1-33(2,3)42-32(40)34-25-29(38)36-26(23(19-43-30(25)36)18-22-16-17-35(28(22)37)24-14-15-24)31(39)41-27(20-10-6-4-7-11-20)21-12-8-5-9-13-21/h4-13,18-19,24-27,30H,14-17H2,1-3H3,(H,34,40). The van der Waals surface area contributed by atoms with E-state index < -0.39 is 47.1 Å². The van der Waals surface area contributed by atoms with E-state index in [1.165, 1.54) is 16.7 Å². The van der Waals surface area contributed by atoms with Crippen molar-refractivity contribution in [2.75, 3.05) is 6.54 Å². The van der Waals surface area contributed by atoms with Crippen LogP contribution in [0.3, 0.4) is 0 Å². The maximum atomic E-state index is 14.2. The van der Waals surface area contributed by atoms with Gasteiger partial charge in [0.05, 0.1) is 0 Å². The molecule has 2 saturated heterocycles. The SMILES string of the molecule is CC(C)(C)OC(=O)NC1C(=O)N2C(C(=O)OC(c3ccccc3)c3ccccc3)C(C=C3CCN(C4CC4)C3=O)=CSC12. The fraction of sp³-hybridized carbons (Fsp3) is 0.394. The molecule has 3 atom stereocenters. The van der Waals surface area contributed by atoms with E-state index in [0.29, 0.717) is 30.2 Å². The van der Waals surface area contributed by atoms with Crippen LogP contribution in [0.25, 0.3) is 0 Å². The van der Waals surface area contributed by atoms with Gasteiger partial charge in [0.15, 0.2) is 12.1 Å². The van der Waals surface area contributed by atoms with E-state index in [4.69, 9.17) is 9.47 Å². The minimum absolute atomic E-state index is 0.0199. The van der Waals surface area contributed by atoms with Crippen LogP contribution in [0.2, 0.25) is 0 Å². The summed E-state index contributed by atoms with van der Waals surface area (Å²) in [7, 11) is 0. The monoisotopic (exact) mass is 601 g/mol. The summed E-state index contributed by atoms with van der Waals surface area (Å²) in [6.45, 7) is 5.89. The number of hydrogen-bond donors (Lipinski definition) is 1. The number of amides is 3. The van der Waals surface area contributed by atoms with Crippen LogP contribution in [-0.2, 0) is 23.9 Å². The van der Waals surface area contributed by atoms with Crippen molar-refractivity contribution < 1.29 is 28.7 Å². The van der Waals surface area contributed by atoms with E-state index in [1.54, 1.807) is 26.8 Å². The fourth-order valence-corrected chi connectivity index (χ4v) is 6.87. The second-order valence-electron chi connectivity index (χ2n) is 12.2. The number of likely N-dealkylation sites (tertiary alicyclic amines) is 1. The van der Waals surface area contributed by atoms with Crippen molar-refractivity contribution in [2.45, 2.75) is 75.2 Å². The summed E-state index contributed by atoms with van der Waals surface area (Å²) in [5.74, 6) is -1.05. The molecule has 4 aliphatic rings. The Morgan fingerprint density at radius 2 is 1.63 bits per heavy atom. The van der Waals surface area contributed by atoms with Gasteiger partial charge in [-0.3, -0.25) is 9.59 Å². The first-order valence-electron chi connectivity index (χ1n) is 14.6. The van der Waals surface area contributed by atoms with Crippen LogP contribution in [0.4, 0.5) is 4.79 Å². The minimum atomic E-state index is -1.08. The van der Waals surface area contributed by atoms with E-state index in [1.807, 2.05) is 71.0 Å². The van der Waals surface area contributed by atoms with Gasteiger partial charge in [0.1, 0.15) is 17.0 Å². The number of esters is 1. The maximum absolute atomic E-state index is 14.2. The van der Waals surface area contributed by atoms with Crippen LogP contribution in [-0.4, -0.2) is 69.3 Å². The second kappa shape index (κ2) is 11.6. The van der Waals surface area contributed by atoms with Crippen LogP contribution >= 0.6 is 11.8 Å². The van der Waals surface area contributed by atoms with E-state index in [9.17, 15) is 19.2 Å². The topological polar surface area (TPSA) is 105 Å². The summed E-state index contributed by atoms with van der Waals surface area (Å²) < 4.78 is 11.6. The van der Waals surface area contributed by atoms with E-state index in [0.717, 1.165) is 24.0 Å². The molecule has 43 heavy (non-hydrogen) atoms. The number of nitrogens with one attached hydrogen (secondary N) is 1. The molecule has 0 bridgehead atoms. The number of hydrogen-bond acceptors (Lipinski definition) is 7. The quantitative estimate of drug-likeness (QED) is 0.279. The number of ether oxygens (including phenoxy) is 2. The molecule has 1 N–H and O–H groups in total. The van der Waals surface area contributed by atoms with Gasteiger partial charge in [-0.05, 0) is 68.2 Å². The van der Waals surface area contributed by atoms with Crippen molar-refractivity contribution in [3.8, 4) is 0 Å². The van der Waals surface area contributed by atoms with Crippen molar-refractivity contribution in [1.29, 1.82) is 0 Å². The van der Waals surface area contributed by atoms with Gasteiger partial charge in [0.25, 0.3) is 0 Å². The molecule has 1 aliphatic carbocycles. The molecule has 224 valence electrons. The van der Waals surface area contributed by atoms with Gasteiger partial charge in [0.2, 0.25) is 11.8 Å². The molecular formula is C33H35N3O6S. The number of alkyl carbamates (subject to hydrolysis) is 1. The zero-order chi connectivity index (χ0) is 30.3. The number of carbonyl (C=O) groups is 4. The summed E-state index contributed by atoms with van der Waals surface area (Å²) in [6.07, 6.45) is 2.96. The number of nitrogens with zero attached hydrogens (tertiary/aromatic N) is 2. The summed E-state index contributed by atoms with van der Waals surface area (Å²) in [5.41, 5.74) is 2.00. The first kappa shape index (κ1) is 29.0. The van der Waals surface area contributed by atoms with Crippen molar-refractivity contribution in [3.05, 3.63) is 94.4 Å². The third-order valence-corrected chi connectivity index (χ3v) is 9.02. The van der Waals surface area contributed by atoms with E-state index >= 15 is 0 Å². The van der Waals surface area contributed by atoms with Crippen LogP contribution in [0.15, 0.2) is 83.3 Å². The van der Waals surface area contributed by atoms with Gasteiger partial charge in [-0.1, -0.05) is 60.7 Å². The smallest absolute Gasteiger partial charge is 0.408 e. The molecule has 3 aliphatic heterocycles. The predicted octanol–water partition coefficient (Wildman–Crippen LogP) is 4.70. The lowest BCUT2D eigenvalue weighted by molar-refractivity contribution is -0.164. The first-order chi connectivity index (χ1) is 20.6. The molecule has 2 aromatic rings. The van der Waals surface area contributed by atoms with E-state index in [-0.39, 0.29) is 5.91 Å². The van der Waals surface area contributed by atoms with Crippen molar-refractivity contribution >= 4 is 35.6 Å². The Hall–Kier alpha value is -4.05. The van der Waals surface area contributed by atoms with Gasteiger partial charge in [-0.2, -0.15) is 0 Å². The molecule has 6 rings (SSSR count). The van der Waals surface area contributed by atoms with Crippen LogP contribution in [0.5, 0.6) is 0 Å². The first-order valence-corrected chi connectivity index (χ1v) is 15.5. The summed E-state index contributed by atoms with van der Waals surface area (Å²) >= 11 is 1.33. The Labute approximate surface area is 255 Å². The molecular weight excluding hydrogens is 566 g/mol. The van der Waals surface area contributed by atoms with Gasteiger partial charge < -0.3 is 24.6 Å². The Morgan fingerprint density at radius 1 is 1.00 bits per heavy atom. The Balaban J connectivity index is 1.30. The highest BCUT2D eigenvalue weighted by atomic mass is 32.2. The Morgan fingerprint density at radius 3 is 2.21 bits per heavy atom. The van der Waals surface area contributed by atoms with Gasteiger partial charge in [-0.15, -0.1) is 11.8 Å². The van der Waals surface area contributed by atoms with Gasteiger partial charge in [-0.25, -0.2) is 9.59 Å². The Bertz CT molecular complexity index is 1440. The summed E-state index contributed by atoms with van der Waals surface area (Å²) in [6, 6.07) is 17.2. The zero-order valence-corrected chi connectivity index (χ0v) is 25.2. The second-order valence-corrected chi connectivity index (χ2v) is 13.2. The van der Waals surface area contributed by atoms with Crippen molar-refractivity contribution in [2.24, 2.45) is 0 Å². The number of thioether (sulfide) groups is 1. The molecule has 0 radical (unpaired) electrons. The molecule has 9 nitrogen and oxygen atoms in total. The van der Waals surface area contributed by atoms with Gasteiger partial charge in [0, 0.05) is 18.2 Å². The van der Waals surface area contributed by atoms with Gasteiger partial charge >= 0.3 is 12.1 Å². The summed E-state index contributed by atoms with van der Waals surface area (Å²) in [4.78, 5) is 56.7. The highest BCUT2D eigenvalue weighted by Crippen LogP contribution is 2.43. The number of fused-ring (bicyclic) bond motifs is 1. The minimum Gasteiger partial charge on any atom is -0.451 e. The third kappa shape index (κ3) is 6.06. The molecule has 3 heterocycles. The molecule has 3 unspecified atom stereocenters. The maximum Gasteiger partial charge on any atom is 0.408 e. The van der Waals surface area contributed by atoms with Crippen molar-refractivity contribution in [1.82, 2.24) is 15.1 Å². The zero-order valence-electron chi connectivity index (χ0n) is 24.4.